The van der Waals surface area contributed by atoms with E-state index >= 15 is 0 Å². The number of carbonyl (C=O) groups is 1. The number of ether oxygens (including phenoxy) is 1. The third-order valence-corrected chi connectivity index (χ3v) is 3.64. The molecule has 4 rings (SSSR count). The molecule has 3 heterocycles. The molecule has 26 heavy (non-hydrogen) atoms. The van der Waals surface area contributed by atoms with Crippen LogP contribution in [-0.2, 0) is 11.3 Å². The third kappa shape index (κ3) is 3.34. The Hall–Kier alpha value is -3.81. The van der Waals surface area contributed by atoms with Gasteiger partial charge in [-0.2, -0.15) is 0 Å². The van der Waals surface area contributed by atoms with Crippen molar-refractivity contribution in [1.29, 1.82) is 0 Å². The van der Waals surface area contributed by atoms with E-state index in [1.54, 1.807) is 35.6 Å². The number of benzene rings is 1. The molecular weight excluding hydrogens is 332 g/mol. The van der Waals surface area contributed by atoms with Crippen LogP contribution >= 0.6 is 0 Å². The summed E-state index contributed by atoms with van der Waals surface area (Å²) in [5, 5.41) is 4.16. The maximum atomic E-state index is 12.2. The van der Waals surface area contributed by atoms with E-state index in [9.17, 15) is 4.79 Å². The molecule has 0 saturated heterocycles. The van der Waals surface area contributed by atoms with Gasteiger partial charge in [-0.25, -0.2) is 24.4 Å². The van der Waals surface area contributed by atoms with Gasteiger partial charge in [-0.15, -0.1) is 5.10 Å². The summed E-state index contributed by atoms with van der Waals surface area (Å²) < 4.78 is 8.61. The van der Waals surface area contributed by atoms with Gasteiger partial charge < -0.3 is 4.74 Å². The van der Waals surface area contributed by atoms with Crippen molar-refractivity contribution in [2.45, 2.75) is 6.61 Å². The van der Waals surface area contributed by atoms with Crippen LogP contribution in [0.3, 0.4) is 0 Å². The Morgan fingerprint density at radius 3 is 2.73 bits per heavy atom. The molecule has 0 aliphatic heterocycles. The van der Waals surface area contributed by atoms with Crippen molar-refractivity contribution in [3.05, 3.63) is 85.1 Å². The number of hydrogen-bond donors (Lipinski definition) is 0. The molecule has 0 aliphatic rings. The lowest BCUT2D eigenvalue weighted by molar-refractivity contribution is 0.0458. The first-order valence-corrected chi connectivity index (χ1v) is 7.87. The number of hydrogen-bond acceptors (Lipinski definition) is 6. The second-order valence-corrected chi connectivity index (χ2v) is 5.42. The molecule has 4 aromatic rings. The summed E-state index contributed by atoms with van der Waals surface area (Å²) in [4.78, 5) is 24.4. The van der Waals surface area contributed by atoms with Crippen molar-refractivity contribution in [2.75, 3.05) is 0 Å². The van der Waals surface area contributed by atoms with E-state index in [2.05, 4.69) is 20.1 Å². The van der Waals surface area contributed by atoms with E-state index in [1.807, 2.05) is 36.4 Å². The molecule has 0 aliphatic carbocycles. The first kappa shape index (κ1) is 15.7. The Labute approximate surface area is 148 Å². The molecule has 0 unspecified atom stereocenters. The fourth-order valence-corrected chi connectivity index (χ4v) is 2.36. The normalized spacial score (nSPS) is 10.6. The molecule has 128 valence electrons. The molecule has 0 saturated carbocycles. The number of imidazole rings is 1. The van der Waals surface area contributed by atoms with Gasteiger partial charge in [0.2, 0.25) is 0 Å². The Balaban J connectivity index is 1.43. The van der Waals surface area contributed by atoms with Gasteiger partial charge in [0, 0.05) is 18.6 Å². The van der Waals surface area contributed by atoms with Crippen LogP contribution in [0.15, 0.2) is 73.7 Å². The van der Waals surface area contributed by atoms with Gasteiger partial charge >= 0.3 is 5.97 Å². The minimum atomic E-state index is -0.583. The molecule has 0 bridgehead atoms. The summed E-state index contributed by atoms with van der Waals surface area (Å²) >= 11 is 0. The predicted molar refractivity (Wildman–Crippen MR) is 91.8 cm³/mol. The monoisotopic (exact) mass is 346 g/mol. The molecule has 3 aromatic heterocycles. The topological polar surface area (TPSA) is 87.7 Å². The minimum absolute atomic E-state index is 0.0118. The van der Waals surface area contributed by atoms with Gasteiger partial charge in [-0.05, 0) is 29.8 Å². The highest BCUT2D eigenvalue weighted by molar-refractivity contribution is 5.84. The maximum absolute atomic E-state index is 12.2. The summed E-state index contributed by atoms with van der Waals surface area (Å²) in [6, 6.07) is 13.0. The zero-order valence-electron chi connectivity index (χ0n) is 13.6. The highest BCUT2D eigenvalue weighted by atomic mass is 16.5. The molecular formula is C18H14N6O2. The van der Waals surface area contributed by atoms with Crippen LogP contribution in [0.5, 0.6) is 0 Å². The van der Waals surface area contributed by atoms with E-state index < -0.39 is 5.97 Å². The quantitative estimate of drug-likeness (QED) is 0.515. The molecule has 0 spiro atoms. The molecule has 8 nitrogen and oxygen atoms in total. The number of esters is 1. The lowest BCUT2D eigenvalue weighted by Crippen LogP contribution is -2.08. The van der Waals surface area contributed by atoms with Crippen LogP contribution in [0.4, 0.5) is 0 Å². The summed E-state index contributed by atoms with van der Waals surface area (Å²) in [5.74, 6) is 0.126. The van der Waals surface area contributed by atoms with Gasteiger partial charge in [-0.3, -0.25) is 4.57 Å². The second kappa shape index (κ2) is 6.98. The van der Waals surface area contributed by atoms with Gasteiger partial charge in [0.25, 0.3) is 5.82 Å². The van der Waals surface area contributed by atoms with Crippen molar-refractivity contribution < 1.29 is 9.53 Å². The van der Waals surface area contributed by atoms with Crippen molar-refractivity contribution in [2.24, 2.45) is 0 Å². The molecule has 0 amide bonds. The van der Waals surface area contributed by atoms with Crippen molar-refractivity contribution in [3.8, 4) is 11.5 Å². The van der Waals surface area contributed by atoms with Crippen LogP contribution in [0.1, 0.15) is 16.2 Å². The lowest BCUT2D eigenvalue weighted by atomic mass is 10.3. The molecule has 0 N–H and O–H groups in total. The Bertz CT molecular complexity index is 1010. The van der Waals surface area contributed by atoms with E-state index in [0.717, 1.165) is 11.3 Å². The summed E-state index contributed by atoms with van der Waals surface area (Å²) in [5.41, 5.74) is 1.62. The highest BCUT2D eigenvalue weighted by Gasteiger charge is 2.14. The number of para-hydroxylation sites is 1. The van der Waals surface area contributed by atoms with Gasteiger partial charge in [0.05, 0.1) is 5.69 Å². The van der Waals surface area contributed by atoms with Gasteiger partial charge in [0.1, 0.15) is 25.1 Å². The molecule has 8 heteroatoms. The molecule has 0 atom stereocenters. The van der Waals surface area contributed by atoms with E-state index in [0.29, 0.717) is 5.82 Å². The number of aromatic nitrogens is 6. The van der Waals surface area contributed by atoms with Crippen LogP contribution in [-0.4, -0.2) is 35.3 Å². The summed E-state index contributed by atoms with van der Waals surface area (Å²) in [6.45, 7) is 0.100. The fraction of sp³-hybridized carbons (Fsp3) is 0.0556. The smallest absolute Gasteiger partial charge is 0.378 e. The van der Waals surface area contributed by atoms with Crippen molar-refractivity contribution >= 4 is 5.97 Å². The number of carbonyl (C=O) groups excluding carboxylic acids is 1. The summed E-state index contributed by atoms with van der Waals surface area (Å²) in [6.07, 6.45) is 8.25. The average molecular weight is 346 g/mol. The first-order chi connectivity index (χ1) is 12.8. The molecule has 0 fully saturated rings. The number of nitrogens with zero attached hydrogens (tertiary/aromatic N) is 6. The SMILES string of the molecule is O=C(OCc1ccnc(-n2ccnc2)c1)c1ncn(-c2ccccc2)n1. The standard InChI is InChI=1S/C18H14N6O2/c25-18(17-21-13-24(22-17)15-4-2-1-3-5-15)26-11-14-6-7-20-16(10-14)23-9-8-19-12-23/h1-10,12-13H,11H2. The molecule has 1 aromatic carbocycles. The van der Waals surface area contributed by atoms with Crippen molar-refractivity contribution in [1.82, 2.24) is 29.3 Å². The minimum Gasteiger partial charge on any atom is -0.455 e. The second-order valence-electron chi connectivity index (χ2n) is 5.42. The maximum Gasteiger partial charge on any atom is 0.378 e. The summed E-state index contributed by atoms with van der Waals surface area (Å²) in [7, 11) is 0. The van der Waals surface area contributed by atoms with E-state index in [4.69, 9.17) is 4.74 Å². The van der Waals surface area contributed by atoms with Gasteiger partial charge in [-0.1, -0.05) is 18.2 Å². The first-order valence-electron chi connectivity index (χ1n) is 7.87. The largest absolute Gasteiger partial charge is 0.455 e. The van der Waals surface area contributed by atoms with E-state index in [1.165, 1.54) is 11.0 Å². The van der Waals surface area contributed by atoms with Crippen LogP contribution in [0.25, 0.3) is 11.5 Å². The van der Waals surface area contributed by atoms with Crippen LogP contribution in [0.2, 0.25) is 0 Å². The fourth-order valence-electron chi connectivity index (χ4n) is 2.36. The van der Waals surface area contributed by atoms with Crippen LogP contribution < -0.4 is 0 Å². The van der Waals surface area contributed by atoms with Crippen LogP contribution in [0, 0.1) is 0 Å². The zero-order valence-corrected chi connectivity index (χ0v) is 13.6. The average Bonchev–Trinajstić information content (AvgIpc) is 3.39. The van der Waals surface area contributed by atoms with E-state index in [-0.39, 0.29) is 12.4 Å². The number of rotatable bonds is 5. The Morgan fingerprint density at radius 1 is 1.04 bits per heavy atom. The highest BCUT2D eigenvalue weighted by Crippen LogP contribution is 2.10. The lowest BCUT2D eigenvalue weighted by Gasteiger charge is -2.05. The zero-order chi connectivity index (χ0) is 17.8. The van der Waals surface area contributed by atoms with Crippen molar-refractivity contribution in [3.63, 3.8) is 0 Å². The molecule has 0 radical (unpaired) electrons. The Morgan fingerprint density at radius 2 is 1.92 bits per heavy atom. The Kier molecular flexibility index (Phi) is 4.21. The predicted octanol–water partition coefficient (Wildman–Crippen LogP) is 2.21. The third-order valence-electron chi connectivity index (χ3n) is 3.64. The van der Waals surface area contributed by atoms with Gasteiger partial charge in [0.15, 0.2) is 0 Å². The number of pyridine rings is 1.